The van der Waals surface area contributed by atoms with E-state index in [2.05, 4.69) is 15.4 Å². The smallest absolute Gasteiger partial charge is 0.279 e. The molecule has 3 heterocycles. The number of primary amides is 1. The number of anilines is 1. The molecule has 156 valence electrons. The number of amides is 2. The predicted molar refractivity (Wildman–Crippen MR) is 106 cm³/mol. The summed E-state index contributed by atoms with van der Waals surface area (Å²) < 4.78 is 23.7. The van der Waals surface area contributed by atoms with Crippen LogP contribution >= 0.6 is 0 Å². The molecule has 1 fully saturated rings. The third-order valence-electron chi connectivity index (χ3n) is 5.87. The molecule has 2 amide bonds. The number of benzene rings is 1. The van der Waals surface area contributed by atoms with Crippen molar-refractivity contribution in [3.63, 3.8) is 0 Å². The number of halogens is 1. The van der Waals surface area contributed by atoms with Gasteiger partial charge < -0.3 is 15.0 Å². The average Bonchev–Trinajstić information content (AvgIpc) is 3.35. The Kier molecular flexibility index (Phi) is 3.89. The largest absolute Gasteiger partial charge is 0.491 e. The van der Waals surface area contributed by atoms with Gasteiger partial charge in [-0.2, -0.15) is 5.10 Å². The molecule has 1 spiro atoms. The Hall–Kier alpha value is -3.43. The van der Waals surface area contributed by atoms with Gasteiger partial charge in [-0.3, -0.25) is 19.6 Å². The van der Waals surface area contributed by atoms with Crippen LogP contribution in [0.5, 0.6) is 5.75 Å². The second kappa shape index (κ2) is 6.28. The van der Waals surface area contributed by atoms with E-state index in [0.29, 0.717) is 36.5 Å². The van der Waals surface area contributed by atoms with Crippen molar-refractivity contribution in [3.05, 3.63) is 34.9 Å². The summed E-state index contributed by atoms with van der Waals surface area (Å²) in [4.78, 5) is 29.2. The maximum Gasteiger partial charge on any atom is 0.279 e. The third kappa shape index (κ3) is 2.74. The molecule has 0 unspecified atom stereocenters. The fourth-order valence-electron chi connectivity index (χ4n) is 3.99. The molecule has 0 saturated heterocycles. The molecule has 0 atom stereocenters. The fraction of sp³-hybridized carbons (Fsp3) is 0.400. The van der Waals surface area contributed by atoms with E-state index < -0.39 is 17.6 Å². The van der Waals surface area contributed by atoms with Crippen molar-refractivity contribution < 1.29 is 18.7 Å². The van der Waals surface area contributed by atoms with Crippen LogP contribution in [0.4, 0.5) is 10.3 Å². The van der Waals surface area contributed by atoms with E-state index in [9.17, 15) is 14.0 Å². The topological polar surface area (TPSA) is 117 Å². The Labute approximate surface area is 171 Å². The molecule has 0 bridgehead atoms. The average molecular weight is 412 g/mol. The summed E-state index contributed by atoms with van der Waals surface area (Å²) in [6.07, 6.45) is 1.99. The minimum atomic E-state index is -0.653. The third-order valence-corrected chi connectivity index (χ3v) is 5.87. The number of rotatable bonds is 4. The van der Waals surface area contributed by atoms with Gasteiger partial charge in [0.05, 0.1) is 17.8 Å². The van der Waals surface area contributed by atoms with Crippen molar-refractivity contribution in [2.24, 2.45) is 11.1 Å². The van der Waals surface area contributed by atoms with E-state index in [0.717, 1.165) is 12.8 Å². The number of nitrogens with two attached hydrogens (primary N) is 1. The van der Waals surface area contributed by atoms with Crippen molar-refractivity contribution in [2.45, 2.75) is 39.8 Å². The normalized spacial score (nSPS) is 16.4. The monoisotopic (exact) mass is 412 g/mol. The molecule has 2 aromatic heterocycles. The number of carbonyl (C=O) groups is 2. The first kappa shape index (κ1) is 18.6. The maximum atomic E-state index is 14.5. The molecule has 30 heavy (non-hydrogen) atoms. The van der Waals surface area contributed by atoms with Gasteiger partial charge in [-0.15, -0.1) is 0 Å². The van der Waals surface area contributed by atoms with Gasteiger partial charge in [0, 0.05) is 24.1 Å². The van der Waals surface area contributed by atoms with Crippen molar-refractivity contribution in [1.82, 2.24) is 19.3 Å². The van der Waals surface area contributed by atoms with Crippen molar-refractivity contribution in [2.75, 3.05) is 11.9 Å². The van der Waals surface area contributed by atoms with Crippen LogP contribution in [0.25, 0.3) is 11.0 Å². The van der Waals surface area contributed by atoms with Crippen LogP contribution in [-0.2, 0) is 13.1 Å². The quantitative estimate of drug-likeness (QED) is 0.681. The van der Waals surface area contributed by atoms with E-state index in [1.165, 1.54) is 11.6 Å². The summed E-state index contributed by atoms with van der Waals surface area (Å²) in [6, 6.07) is 3.17. The number of nitrogens with zero attached hydrogens (tertiary/aromatic N) is 4. The minimum Gasteiger partial charge on any atom is -0.491 e. The van der Waals surface area contributed by atoms with Gasteiger partial charge in [0.15, 0.2) is 11.5 Å². The highest BCUT2D eigenvalue weighted by Gasteiger charge is 2.46. The van der Waals surface area contributed by atoms with Gasteiger partial charge in [0.25, 0.3) is 5.91 Å². The van der Waals surface area contributed by atoms with Crippen LogP contribution in [0.1, 0.15) is 46.3 Å². The van der Waals surface area contributed by atoms with E-state index in [-0.39, 0.29) is 28.3 Å². The lowest BCUT2D eigenvalue weighted by Crippen LogP contribution is -2.23. The SMILES string of the molecule is CCn1nc(C)c(F)c1C(=O)Nc1nc2cc(C(N)=O)cc3c2n1CC1(CC1)CO3. The summed E-state index contributed by atoms with van der Waals surface area (Å²) in [5.41, 5.74) is 6.87. The molecule has 10 heteroatoms. The first-order valence-corrected chi connectivity index (χ1v) is 9.83. The molecule has 3 aromatic rings. The number of hydrogen-bond donors (Lipinski definition) is 2. The van der Waals surface area contributed by atoms with Crippen molar-refractivity contribution in [1.29, 1.82) is 0 Å². The van der Waals surface area contributed by atoms with Crippen molar-refractivity contribution >= 4 is 28.8 Å². The Morgan fingerprint density at radius 3 is 2.80 bits per heavy atom. The predicted octanol–water partition coefficient (Wildman–Crippen LogP) is 2.22. The molecule has 5 rings (SSSR count). The number of ether oxygens (including phenoxy) is 1. The van der Waals surface area contributed by atoms with E-state index >= 15 is 0 Å². The summed E-state index contributed by atoms with van der Waals surface area (Å²) in [6.45, 7) is 4.77. The number of aryl methyl sites for hydroxylation is 2. The first-order valence-electron chi connectivity index (χ1n) is 9.83. The Morgan fingerprint density at radius 1 is 1.37 bits per heavy atom. The van der Waals surface area contributed by atoms with Crippen LogP contribution in [0.15, 0.2) is 12.1 Å². The fourth-order valence-corrected chi connectivity index (χ4v) is 3.99. The molecule has 9 nitrogen and oxygen atoms in total. The molecule has 0 radical (unpaired) electrons. The molecule has 2 aliphatic rings. The van der Waals surface area contributed by atoms with Gasteiger partial charge in [-0.05, 0) is 38.8 Å². The zero-order valence-electron chi connectivity index (χ0n) is 16.7. The summed E-state index contributed by atoms with van der Waals surface area (Å²) in [5.74, 6) is -1.10. The standard InChI is InChI=1S/C20H21FN6O3/c1-3-27-16(14(21)10(2)25-27)18(29)24-19-23-12-6-11(17(22)28)7-13-15(12)26(19)8-20(4-5-20)9-30-13/h6-7H,3-5,8-9H2,1-2H3,(H2,22,28)(H,23,24,29). The van der Waals surface area contributed by atoms with E-state index in [4.69, 9.17) is 10.5 Å². The minimum absolute atomic E-state index is 0.0357. The summed E-state index contributed by atoms with van der Waals surface area (Å²) in [5, 5.41) is 6.80. The van der Waals surface area contributed by atoms with Gasteiger partial charge >= 0.3 is 0 Å². The lowest BCUT2D eigenvalue weighted by atomic mass is 10.1. The Morgan fingerprint density at radius 2 is 2.13 bits per heavy atom. The number of nitrogens with one attached hydrogen (secondary N) is 1. The Balaban J connectivity index is 1.62. The number of imidazole rings is 1. The summed E-state index contributed by atoms with van der Waals surface area (Å²) in [7, 11) is 0. The molecular weight excluding hydrogens is 391 g/mol. The van der Waals surface area contributed by atoms with E-state index in [1.54, 1.807) is 19.1 Å². The van der Waals surface area contributed by atoms with Crippen LogP contribution in [0.2, 0.25) is 0 Å². The van der Waals surface area contributed by atoms with Gasteiger partial charge in [-0.25, -0.2) is 9.37 Å². The summed E-state index contributed by atoms with van der Waals surface area (Å²) >= 11 is 0. The number of carbonyl (C=O) groups excluding carboxylic acids is 2. The molecule has 1 aliphatic heterocycles. The van der Waals surface area contributed by atoms with Crippen LogP contribution < -0.4 is 15.8 Å². The second-order valence-corrected chi connectivity index (χ2v) is 8.03. The second-order valence-electron chi connectivity index (χ2n) is 8.03. The highest BCUT2D eigenvalue weighted by atomic mass is 19.1. The van der Waals surface area contributed by atoms with Crippen LogP contribution in [0, 0.1) is 18.2 Å². The highest BCUT2D eigenvalue weighted by molar-refractivity contribution is 6.04. The Bertz CT molecular complexity index is 1220. The highest BCUT2D eigenvalue weighted by Crippen LogP contribution is 2.51. The molecule has 1 aliphatic carbocycles. The van der Waals surface area contributed by atoms with Crippen LogP contribution in [-0.4, -0.2) is 37.8 Å². The zero-order chi connectivity index (χ0) is 21.2. The van der Waals surface area contributed by atoms with E-state index in [1.807, 2.05) is 4.57 Å². The lowest BCUT2D eigenvalue weighted by molar-refractivity contribution is 0.0994. The molecule has 3 N–H and O–H groups in total. The zero-order valence-corrected chi connectivity index (χ0v) is 16.7. The lowest BCUT2D eigenvalue weighted by Gasteiger charge is -2.14. The maximum absolute atomic E-state index is 14.5. The molecule has 1 saturated carbocycles. The van der Waals surface area contributed by atoms with Crippen LogP contribution in [0.3, 0.4) is 0 Å². The van der Waals surface area contributed by atoms with Gasteiger partial charge in [0.2, 0.25) is 11.9 Å². The van der Waals surface area contributed by atoms with Gasteiger partial charge in [0.1, 0.15) is 11.3 Å². The first-order chi connectivity index (χ1) is 14.3. The van der Waals surface area contributed by atoms with Gasteiger partial charge in [-0.1, -0.05) is 0 Å². The molecule has 1 aromatic carbocycles. The number of hydrogen-bond acceptors (Lipinski definition) is 5. The van der Waals surface area contributed by atoms with Crippen molar-refractivity contribution in [3.8, 4) is 5.75 Å². The molecular formula is C20H21FN6O3. The number of aromatic nitrogens is 4.